The molecule has 2 saturated heterocycles. The molecule has 7 rings (SSSR count). The highest BCUT2D eigenvalue weighted by molar-refractivity contribution is 5.91. The second-order valence-corrected chi connectivity index (χ2v) is 12.3. The third-order valence-electron chi connectivity index (χ3n) is 9.07. The minimum Gasteiger partial charge on any atom is -0.306 e. The zero-order valence-electron chi connectivity index (χ0n) is 25.5. The van der Waals surface area contributed by atoms with Crippen molar-refractivity contribution in [3.8, 4) is 0 Å². The zero-order valence-corrected chi connectivity index (χ0v) is 25.5. The fraction of sp³-hybridized carbons (Fsp3) is 0.400. The average Bonchev–Trinajstić information content (AvgIpc) is 3.55. The van der Waals surface area contributed by atoms with Crippen LogP contribution >= 0.6 is 0 Å². The van der Waals surface area contributed by atoms with Gasteiger partial charge in [0.15, 0.2) is 0 Å². The molecule has 2 N–H and O–H groups in total. The van der Waals surface area contributed by atoms with Crippen molar-refractivity contribution in [2.75, 3.05) is 39.8 Å². The van der Waals surface area contributed by atoms with Crippen LogP contribution < -0.4 is 11.4 Å². The van der Waals surface area contributed by atoms with E-state index < -0.39 is 0 Å². The molecule has 0 saturated carbocycles. The molecule has 0 radical (unpaired) electrons. The molecule has 44 heavy (non-hydrogen) atoms. The molecule has 9 heteroatoms. The maximum atomic E-state index is 12.6. The van der Waals surface area contributed by atoms with Crippen molar-refractivity contribution in [2.24, 2.45) is 11.8 Å². The molecule has 0 aliphatic carbocycles. The quantitative estimate of drug-likeness (QED) is 0.300. The third kappa shape index (κ3) is 6.79. The van der Waals surface area contributed by atoms with Gasteiger partial charge in [-0.15, -0.1) is 0 Å². The molecule has 2 aliphatic heterocycles. The van der Waals surface area contributed by atoms with E-state index in [-0.39, 0.29) is 23.2 Å². The average molecular weight is 595 g/mol. The first-order valence-electron chi connectivity index (χ1n) is 15.8. The van der Waals surface area contributed by atoms with Crippen LogP contribution in [0, 0.1) is 11.8 Å². The first-order chi connectivity index (χ1) is 21.5. The number of H-pyrrole nitrogens is 2. The number of aromatic amines is 2. The van der Waals surface area contributed by atoms with Gasteiger partial charge in [0.25, 0.3) is 0 Å². The molecule has 9 nitrogen and oxygen atoms in total. The van der Waals surface area contributed by atoms with Crippen LogP contribution in [-0.4, -0.2) is 74.6 Å². The number of rotatable bonds is 6. The van der Waals surface area contributed by atoms with E-state index in [1.54, 1.807) is 6.07 Å². The van der Waals surface area contributed by atoms with Gasteiger partial charge >= 0.3 is 11.4 Å². The van der Waals surface area contributed by atoms with Crippen LogP contribution in [0.2, 0.25) is 0 Å². The Hall–Kier alpha value is -4.21. The standard InChI is InChI=1S/C21H25N3O.C14H17N3O2/c25-21-22-19-10-4-5-11-20(19)24(21)16-18-9-6-13-23(15-18)14-12-17-7-2-1-3-8-17;1-16-8-4-5-10(9-16)13(18)17-12-7-3-2-6-11(12)15-14(17)19/h1-5,7-8,10-11,18H,6,9,12-16H2,(H,22,25);2-3,6-7,10H,4-5,8-9H2,1H3,(H,15,19)/t18-;10-/m11/s1. The van der Waals surface area contributed by atoms with Gasteiger partial charge in [-0.2, -0.15) is 0 Å². The van der Waals surface area contributed by atoms with Crippen molar-refractivity contribution in [1.82, 2.24) is 28.9 Å². The summed E-state index contributed by atoms with van der Waals surface area (Å²) in [7, 11) is 2.01. The highest BCUT2D eigenvalue weighted by atomic mass is 16.2. The van der Waals surface area contributed by atoms with Crippen molar-refractivity contribution in [2.45, 2.75) is 38.6 Å². The van der Waals surface area contributed by atoms with Crippen molar-refractivity contribution in [3.63, 3.8) is 0 Å². The lowest BCUT2D eigenvalue weighted by Gasteiger charge is -2.32. The van der Waals surface area contributed by atoms with Crippen LogP contribution in [-0.2, 0) is 13.0 Å². The number of para-hydroxylation sites is 4. The maximum absolute atomic E-state index is 12.6. The Morgan fingerprint density at radius 2 is 1.43 bits per heavy atom. The number of carbonyl (C=O) groups excluding carboxylic acids is 1. The SMILES string of the molecule is CN1CCC[C@@H](C(=O)n2c(=O)[nH]c3ccccc32)C1.O=c1[nH]c2ccccc2n1C[C@@H]1CCCN(CCc2ccccc2)C1. The topological polar surface area (TPSA) is 99.1 Å². The van der Waals surface area contributed by atoms with Crippen LogP contribution in [0.5, 0.6) is 0 Å². The predicted octanol–water partition coefficient (Wildman–Crippen LogP) is 4.60. The monoisotopic (exact) mass is 594 g/mol. The molecule has 2 aromatic heterocycles. The summed E-state index contributed by atoms with van der Waals surface area (Å²) in [6, 6.07) is 26.0. The second kappa shape index (κ2) is 13.6. The van der Waals surface area contributed by atoms with Crippen LogP contribution in [0.3, 0.4) is 0 Å². The molecular formula is C35H42N6O3. The van der Waals surface area contributed by atoms with Gasteiger partial charge in [-0.05, 0) is 88.0 Å². The first-order valence-corrected chi connectivity index (χ1v) is 15.8. The summed E-state index contributed by atoms with van der Waals surface area (Å²) in [5, 5.41) is 0. The largest absolute Gasteiger partial charge is 0.333 e. The summed E-state index contributed by atoms with van der Waals surface area (Å²) in [5.74, 6) is 0.367. The Labute approximate surface area is 257 Å². The van der Waals surface area contributed by atoms with E-state index >= 15 is 0 Å². The Morgan fingerprint density at radius 3 is 2.20 bits per heavy atom. The van der Waals surface area contributed by atoms with Crippen molar-refractivity contribution in [3.05, 3.63) is 105 Å². The fourth-order valence-electron chi connectivity index (χ4n) is 6.81. The number of nitrogens with zero attached hydrogens (tertiary/aromatic N) is 4. The number of carbonyl (C=O) groups is 1. The Bertz CT molecular complexity index is 1820. The number of hydrogen-bond acceptors (Lipinski definition) is 5. The number of piperidine rings is 2. The number of imidazole rings is 2. The Balaban J connectivity index is 0.000000162. The van der Waals surface area contributed by atoms with Gasteiger partial charge < -0.3 is 19.8 Å². The summed E-state index contributed by atoms with van der Waals surface area (Å²) in [6.45, 7) is 5.91. The number of aromatic nitrogens is 4. The lowest BCUT2D eigenvalue weighted by Crippen LogP contribution is -2.40. The summed E-state index contributed by atoms with van der Waals surface area (Å²) in [4.78, 5) is 47.2. The molecule has 0 unspecified atom stereocenters. The van der Waals surface area contributed by atoms with Gasteiger partial charge in [-0.1, -0.05) is 54.6 Å². The summed E-state index contributed by atoms with van der Waals surface area (Å²) >= 11 is 0. The molecule has 0 spiro atoms. The van der Waals surface area contributed by atoms with Gasteiger partial charge in [-0.25, -0.2) is 14.2 Å². The summed E-state index contributed by atoms with van der Waals surface area (Å²) < 4.78 is 3.21. The summed E-state index contributed by atoms with van der Waals surface area (Å²) in [6.07, 6.45) is 5.38. The number of fused-ring (bicyclic) bond motifs is 2. The minimum atomic E-state index is -0.334. The first kappa shape index (κ1) is 29.8. The normalized spacial score (nSPS) is 19.6. The second-order valence-electron chi connectivity index (χ2n) is 12.3. The molecule has 2 atom stereocenters. The van der Waals surface area contributed by atoms with Crippen LogP contribution in [0.15, 0.2) is 88.5 Å². The molecule has 4 heterocycles. The molecule has 2 fully saturated rings. The number of likely N-dealkylation sites (tertiary alicyclic amines) is 2. The van der Waals surface area contributed by atoms with Crippen LogP contribution in [0.4, 0.5) is 0 Å². The predicted molar refractivity (Wildman–Crippen MR) is 175 cm³/mol. The van der Waals surface area contributed by atoms with Gasteiger partial charge in [-0.3, -0.25) is 9.36 Å². The van der Waals surface area contributed by atoms with Crippen molar-refractivity contribution in [1.29, 1.82) is 0 Å². The maximum Gasteiger partial charge on any atom is 0.333 e. The number of hydrogen-bond donors (Lipinski definition) is 2. The molecule has 0 amide bonds. The van der Waals surface area contributed by atoms with Gasteiger partial charge in [0, 0.05) is 26.2 Å². The van der Waals surface area contributed by atoms with E-state index in [4.69, 9.17) is 0 Å². The Morgan fingerprint density at radius 1 is 0.773 bits per heavy atom. The van der Waals surface area contributed by atoms with Crippen molar-refractivity contribution >= 4 is 28.0 Å². The van der Waals surface area contributed by atoms with E-state index in [1.807, 2.05) is 54.1 Å². The smallest absolute Gasteiger partial charge is 0.306 e. The van der Waals surface area contributed by atoms with Gasteiger partial charge in [0.2, 0.25) is 5.91 Å². The van der Waals surface area contributed by atoms with E-state index in [1.165, 1.54) is 29.5 Å². The van der Waals surface area contributed by atoms with Gasteiger partial charge in [0.05, 0.1) is 28.0 Å². The lowest BCUT2D eigenvalue weighted by molar-refractivity contribution is 0.0756. The third-order valence-corrected chi connectivity index (χ3v) is 9.07. The molecular weight excluding hydrogens is 552 g/mol. The molecule has 0 bridgehead atoms. The van der Waals surface area contributed by atoms with Crippen LogP contribution in [0.1, 0.15) is 36.0 Å². The molecule has 5 aromatic rings. The number of nitrogens with one attached hydrogen (secondary N) is 2. The van der Waals surface area contributed by atoms with E-state index in [2.05, 4.69) is 50.1 Å². The van der Waals surface area contributed by atoms with Crippen molar-refractivity contribution < 1.29 is 4.79 Å². The van der Waals surface area contributed by atoms with Crippen LogP contribution in [0.25, 0.3) is 22.1 Å². The Kier molecular flexibility index (Phi) is 9.23. The highest BCUT2D eigenvalue weighted by Gasteiger charge is 2.27. The van der Waals surface area contributed by atoms with E-state index in [0.29, 0.717) is 17.0 Å². The minimum absolute atomic E-state index is 0.0163. The lowest BCUT2D eigenvalue weighted by atomic mass is 9.97. The van der Waals surface area contributed by atoms with E-state index in [9.17, 15) is 14.4 Å². The van der Waals surface area contributed by atoms with Gasteiger partial charge in [0.1, 0.15) is 0 Å². The fourth-order valence-corrected chi connectivity index (χ4v) is 6.81. The zero-order chi connectivity index (χ0) is 30.5. The molecule has 3 aromatic carbocycles. The highest BCUT2D eigenvalue weighted by Crippen LogP contribution is 2.21. The molecule has 2 aliphatic rings. The molecule has 230 valence electrons. The number of benzene rings is 3. The van der Waals surface area contributed by atoms with E-state index in [0.717, 1.165) is 63.0 Å². The summed E-state index contributed by atoms with van der Waals surface area (Å²) in [5.41, 5.74) is 4.42.